The molecule has 0 saturated heterocycles. The number of benzene rings is 2. The van der Waals surface area contributed by atoms with E-state index in [-0.39, 0.29) is 0 Å². The highest BCUT2D eigenvalue weighted by Crippen LogP contribution is 2.28. The normalized spacial score (nSPS) is 11.7. The number of anilines is 3. The predicted octanol–water partition coefficient (Wildman–Crippen LogP) is 5.11. The molecule has 3 aromatic rings. The molecule has 134 valence electrons. The second kappa shape index (κ2) is 8.34. The zero-order valence-corrected chi connectivity index (χ0v) is 15.4. The van der Waals surface area contributed by atoms with Gasteiger partial charge in [-0.3, -0.25) is 0 Å². The summed E-state index contributed by atoms with van der Waals surface area (Å²) in [5, 5.41) is 6.71. The number of aromatic nitrogens is 2. The molecule has 1 heterocycles. The molecule has 0 amide bonds. The smallest absolute Gasteiger partial charge is 0.225 e. The van der Waals surface area contributed by atoms with E-state index >= 15 is 0 Å². The Bertz CT molecular complexity index is 852. The Labute approximate surface area is 154 Å². The molecule has 5 heteroatoms. The summed E-state index contributed by atoms with van der Waals surface area (Å²) in [4.78, 5) is 9.31. The molecule has 0 unspecified atom stereocenters. The minimum Gasteiger partial charge on any atom is -0.495 e. The quantitative estimate of drug-likeness (QED) is 0.621. The van der Waals surface area contributed by atoms with Crippen LogP contribution < -0.4 is 15.4 Å². The molecule has 2 N–H and O–H groups in total. The van der Waals surface area contributed by atoms with E-state index in [1.807, 2.05) is 60.7 Å². The van der Waals surface area contributed by atoms with Gasteiger partial charge in [0.25, 0.3) is 0 Å². The van der Waals surface area contributed by atoms with Gasteiger partial charge in [-0.15, -0.1) is 0 Å². The van der Waals surface area contributed by atoms with Crippen molar-refractivity contribution in [1.29, 1.82) is 0 Å². The molecule has 5 nitrogen and oxygen atoms in total. The van der Waals surface area contributed by atoms with E-state index in [4.69, 9.17) is 4.74 Å². The highest BCUT2D eigenvalue weighted by molar-refractivity contribution is 5.69. The maximum Gasteiger partial charge on any atom is 0.225 e. The minimum atomic E-state index is 0.292. The van der Waals surface area contributed by atoms with Crippen molar-refractivity contribution in [2.45, 2.75) is 26.3 Å². The molecule has 0 fully saturated rings. The average Bonchev–Trinajstić information content (AvgIpc) is 2.69. The molecular formula is C21H24N4O. The number of nitrogens with one attached hydrogen (secondary N) is 2. The first-order chi connectivity index (χ1) is 12.7. The maximum atomic E-state index is 5.42. The average molecular weight is 348 g/mol. The summed E-state index contributed by atoms with van der Waals surface area (Å²) in [6.45, 7) is 4.25. The van der Waals surface area contributed by atoms with Crippen LogP contribution in [0.5, 0.6) is 5.75 Å². The lowest BCUT2D eigenvalue weighted by molar-refractivity contribution is 0.417. The number of methoxy groups -OCH3 is 1. The molecule has 2 aromatic carbocycles. The van der Waals surface area contributed by atoms with Crippen molar-refractivity contribution in [3.05, 3.63) is 60.7 Å². The van der Waals surface area contributed by atoms with Gasteiger partial charge in [-0.05, 0) is 25.5 Å². The van der Waals surface area contributed by atoms with Gasteiger partial charge in [0.1, 0.15) is 11.6 Å². The van der Waals surface area contributed by atoms with E-state index in [2.05, 4.69) is 34.4 Å². The van der Waals surface area contributed by atoms with Crippen molar-refractivity contribution in [3.63, 3.8) is 0 Å². The monoisotopic (exact) mass is 348 g/mol. The van der Waals surface area contributed by atoms with Crippen LogP contribution in [-0.2, 0) is 0 Å². The summed E-state index contributed by atoms with van der Waals surface area (Å²) < 4.78 is 5.42. The molecule has 1 atom stereocenters. The number of para-hydroxylation sites is 2. The number of ether oxygens (including phenoxy) is 1. The van der Waals surface area contributed by atoms with Gasteiger partial charge in [-0.1, -0.05) is 49.4 Å². The summed E-state index contributed by atoms with van der Waals surface area (Å²) in [5.41, 5.74) is 2.77. The molecule has 0 aliphatic rings. The summed E-state index contributed by atoms with van der Waals surface area (Å²) in [5.74, 6) is 2.09. The van der Waals surface area contributed by atoms with E-state index < -0.39 is 0 Å². The van der Waals surface area contributed by atoms with Gasteiger partial charge in [-0.2, -0.15) is 4.98 Å². The number of hydrogen-bond acceptors (Lipinski definition) is 5. The van der Waals surface area contributed by atoms with Crippen LogP contribution in [0.4, 0.5) is 17.5 Å². The van der Waals surface area contributed by atoms with Crippen molar-refractivity contribution in [3.8, 4) is 17.0 Å². The Balaban J connectivity index is 1.99. The second-order valence-electron chi connectivity index (χ2n) is 6.11. The van der Waals surface area contributed by atoms with Crippen molar-refractivity contribution in [2.75, 3.05) is 17.7 Å². The highest BCUT2D eigenvalue weighted by atomic mass is 16.5. The van der Waals surface area contributed by atoms with Crippen LogP contribution in [0.15, 0.2) is 60.7 Å². The van der Waals surface area contributed by atoms with Gasteiger partial charge in [0.15, 0.2) is 0 Å². The molecule has 0 spiro atoms. The predicted molar refractivity (Wildman–Crippen MR) is 107 cm³/mol. The van der Waals surface area contributed by atoms with Crippen LogP contribution in [0.3, 0.4) is 0 Å². The first-order valence-electron chi connectivity index (χ1n) is 8.80. The van der Waals surface area contributed by atoms with E-state index in [9.17, 15) is 0 Å². The van der Waals surface area contributed by atoms with Crippen LogP contribution in [-0.4, -0.2) is 23.1 Å². The standard InChI is InChI=1S/C21H24N4O/c1-4-15(2)22-21-24-18(16-10-6-5-7-11-16)14-20(25-21)23-17-12-8-9-13-19(17)26-3/h5-15H,4H2,1-3H3,(H2,22,23,24,25)/t15-/m1/s1. The van der Waals surface area contributed by atoms with Gasteiger partial charge in [0.05, 0.1) is 18.5 Å². The summed E-state index contributed by atoms with van der Waals surface area (Å²) >= 11 is 0. The number of nitrogens with zero attached hydrogens (tertiary/aromatic N) is 2. The Kier molecular flexibility index (Phi) is 5.69. The Hall–Kier alpha value is -3.08. The number of rotatable bonds is 7. The van der Waals surface area contributed by atoms with E-state index in [0.29, 0.717) is 17.8 Å². The van der Waals surface area contributed by atoms with Crippen molar-refractivity contribution in [1.82, 2.24) is 9.97 Å². The van der Waals surface area contributed by atoms with E-state index in [1.54, 1.807) is 7.11 Å². The summed E-state index contributed by atoms with van der Waals surface area (Å²) in [6, 6.07) is 20.1. The lowest BCUT2D eigenvalue weighted by Crippen LogP contribution is -2.16. The molecule has 0 bridgehead atoms. The molecule has 0 aliphatic carbocycles. The fourth-order valence-corrected chi connectivity index (χ4v) is 2.54. The molecule has 0 aliphatic heterocycles. The third-order valence-corrected chi connectivity index (χ3v) is 4.15. The van der Waals surface area contributed by atoms with Crippen molar-refractivity contribution in [2.24, 2.45) is 0 Å². The molecule has 0 saturated carbocycles. The van der Waals surface area contributed by atoms with Crippen molar-refractivity contribution >= 4 is 17.5 Å². The molecule has 0 radical (unpaired) electrons. The van der Waals surface area contributed by atoms with Crippen LogP contribution in [0.1, 0.15) is 20.3 Å². The SMILES string of the molecule is CC[C@@H](C)Nc1nc(Nc2ccccc2OC)cc(-c2ccccc2)n1. The third-order valence-electron chi connectivity index (χ3n) is 4.15. The molecule has 1 aromatic heterocycles. The molecule has 26 heavy (non-hydrogen) atoms. The number of hydrogen-bond donors (Lipinski definition) is 2. The zero-order valence-electron chi connectivity index (χ0n) is 15.4. The van der Waals surface area contributed by atoms with Gasteiger partial charge in [-0.25, -0.2) is 4.98 Å². The van der Waals surface area contributed by atoms with Crippen LogP contribution in [0.2, 0.25) is 0 Å². The topological polar surface area (TPSA) is 59.1 Å². The largest absolute Gasteiger partial charge is 0.495 e. The maximum absolute atomic E-state index is 5.42. The van der Waals surface area contributed by atoms with Gasteiger partial charge < -0.3 is 15.4 Å². The fourth-order valence-electron chi connectivity index (χ4n) is 2.54. The third kappa shape index (κ3) is 4.30. The second-order valence-corrected chi connectivity index (χ2v) is 6.11. The zero-order chi connectivity index (χ0) is 18.4. The first-order valence-corrected chi connectivity index (χ1v) is 8.80. The van der Waals surface area contributed by atoms with Gasteiger partial charge in [0, 0.05) is 17.7 Å². The highest BCUT2D eigenvalue weighted by Gasteiger charge is 2.10. The Morgan fingerprint density at radius 1 is 1.00 bits per heavy atom. The van der Waals surface area contributed by atoms with Crippen LogP contribution >= 0.6 is 0 Å². The van der Waals surface area contributed by atoms with Gasteiger partial charge in [0.2, 0.25) is 5.95 Å². The Morgan fingerprint density at radius 2 is 1.73 bits per heavy atom. The summed E-state index contributed by atoms with van der Waals surface area (Å²) in [6.07, 6.45) is 0.994. The lowest BCUT2D eigenvalue weighted by atomic mass is 10.1. The van der Waals surface area contributed by atoms with Gasteiger partial charge >= 0.3 is 0 Å². The molecule has 3 rings (SSSR count). The first kappa shape index (κ1) is 17.7. The fraction of sp³-hybridized carbons (Fsp3) is 0.238. The Morgan fingerprint density at radius 3 is 2.46 bits per heavy atom. The van der Waals surface area contributed by atoms with E-state index in [0.717, 1.165) is 29.1 Å². The minimum absolute atomic E-state index is 0.292. The van der Waals surface area contributed by atoms with Crippen LogP contribution in [0, 0.1) is 0 Å². The van der Waals surface area contributed by atoms with Crippen LogP contribution in [0.25, 0.3) is 11.3 Å². The van der Waals surface area contributed by atoms with Crippen molar-refractivity contribution < 1.29 is 4.74 Å². The summed E-state index contributed by atoms with van der Waals surface area (Å²) in [7, 11) is 1.66. The van der Waals surface area contributed by atoms with E-state index in [1.165, 1.54) is 0 Å². The molecular weight excluding hydrogens is 324 g/mol. The lowest BCUT2D eigenvalue weighted by Gasteiger charge is -2.15.